The summed E-state index contributed by atoms with van der Waals surface area (Å²) in [5, 5.41) is 3.66. The van der Waals surface area contributed by atoms with Crippen molar-refractivity contribution in [3.05, 3.63) is 29.3 Å². The van der Waals surface area contributed by atoms with Gasteiger partial charge in [-0.15, -0.1) is 0 Å². The fourth-order valence-electron chi connectivity index (χ4n) is 3.94. The molecule has 1 N–H and O–H groups in total. The minimum Gasteiger partial charge on any atom is -0.496 e. The Bertz CT molecular complexity index is 654. The standard InChI is InChI=1S/C21H32N2O4/c1-15(24)23-10-8-17(9-11-23)22-13-16-6-5-7-20(25-4)19(16)12-18-14-26-21(2,3)27-18/h5-7,17-18,22H,8-14H2,1-4H3. The van der Waals surface area contributed by atoms with Crippen molar-refractivity contribution >= 4 is 5.91 Å². The summed E-state index contributed by atoms with van der Waals surface area (Å²) in [7, 11) is 1.71. The number of hydrogen-bond donors (Lipinski definition) is 1. The van der Waals surface area contributed by atoms with Gasteiger partial charge in [0.2, 0.25) is 5.91 Å². The first-order valence-corrected chi connectivity index (χ1v) is 9.83. The lowest BCUT2D eigenvalue weighted by molar-refractivity contribution is -0.138. The molecule has 1 aromatic carbocycles. The third kappa shape index (κ3) is 5.21. The van der Waals surface area contributed by atoms with Gasteiger partial charge in [0, 0.05) is 44.6 Å². The van der Waals surface area contributed by atoms with Gasteiger partial charge >= 0.3 is 0 Å². The molecule has 3 rings (SSSR count). The van der Waals surface area contributed by atoms with E-state index in [4.69, 9.17) is 14.2 Å². The minimum absolute atomic E-state index is 0.0360. The van der Waals surface area contributed by atoms with Gasteiger partial charge in [0.25, 0.3) is 0 Å². The van der Waals surface area contributed by atoms with Crippen molar-refractivity contribution in [1.29, 1.82) is 0 Å². The normalized spacial score (nSPS) is 22.8. The van der Waals surface area contributed by atoms with Crippen LogP contribution in [0, 0.1) is 0 Å². The average molecular weight is 376 g/mol. The van der Waals surface area contributed by atoms with E-state index in [1.807, 2.05) is 30.9 Å². The molecule has 1 atom stereocenters. The van der Waals surface area contributed by atoms with Crippen LogP contribution in [-0.2, 0) is 27.2 Å². The number of benzene rings is 1. The first kappa shape index (κ1) is 20.1. The van der Waals surface area contributed by atoms with Crippen LogP contribution in [0.25, 0.3) is 0 Å². The van der Waals surface area contributed by atoms with Gasteiger partial charge in [0.15, 0.2) is 5.79 Å². The molecule has 6 heteroatoms. The van der Waals surface area contributed by atoms with Crippen LogP contribution in [-0.4, -0.2) is 55.5 Å². The third-order valence-corrected chi connectivity index (χ3v) is 5.47. The Labute approximate surface area is 162 Å². The van der Waals surface area contributed by atoms with Crippen molar-refractivity contribution in [2.45, 2.75) is 64.5 Å². The Morgan fingerprint density at radius 1 is 1.33 bits per heavy atom. The molecule has 1 amide bonds. The third-order valence-electron chi connectivity index (χ3n) is 5.47. The van der Waals surface area contributed by atoms with E-state index in [1.165, 1.54) is 11.1 Å². The van der Waals surface area contributed by atoms with E-state index in [9.17, 15) is 4.79 Å². The van der Waals surface area contributed by atoms with E-state index >= 15 is 0 Å². The predicted molar refractivity (Wildman–Crippen MR) is 104 cm³/mol. The van der Waals surface area contributed by atoms with Crippen LogP contribution in [0.1, 0.15) is 44.7 Å². The minimum atomic E-state index is -0.518. The number of rotatable bonds is 6. The Hall–Kier alpha value is -1.63. The van der Waals surface area contributed by atoms with Gasteiger partial charge in [-0.25, -0.2) is 0 Å². The maximum absolute atomic E-state index is 11.5. The van der Waals surface area contributed by atoms with Gasteiger partial charge in [-0.2, -0.15) is 0 Å². The summed E-state index contributed by atoms with van der Waals surface area (Å²) in [6, 6.07) is 6.62. The molecule has 0 saturated carbocycles. The first-order valence-electron chi connectivity index (χ1n) is 9.83. The maximum Gasteiger partial charge on any atom is 0.219 e. The Balaban J connectivity index is 1.62. The van der Waals surface area contributed by atoms with Crippen LogP contribution in [0.2, 0.25) is 0 Å². The maximum atomic E-state index is 11.5. The van der Waals surface area contributed by atoms with Crippen LogP contribution in [0.15, 0.2) is 18.2 Å². The summed E-state index contributed by atoms with van der Waals surface area (Å²) < 4.78 is 17.3. The zero-order chi connectivity index (χ0) is 19.4. The predicted octanol–water partition coefficient (Wildman–Crippen LogP) is 2.49. The van der Waals surface area contributed by atoms with Crippen molar-refractivity contribution in [3.63, 3.8) is 0 Å². The highest BCUT2D eigenvalue weighted by molar-refractivity contribution is 5.73. The molecule has 0 aliphatic carbocycles. The van der Waals surface area contributed by atoms with Crippen molar-refractivity contribution in [2.75, 3.05) is 26.8 Å². The fraction of sp³-hybridized carbons (Fsp3) is 0.667. The molecule has 6 nitrogen and oxygen atoms in total. The number of nitrogens with one attached hydrogen (secondary N) is 1. The number of methoxy groups -OCH3 is 1. The monoisotopic (exact) mass is 376 g/mol. The molecule has 1 unspecified atom stereocenters. The molecule has 0 spiro atoms. The summed E-state index contributed by atoms with van der Waals surface area (Å²) in [5.74, 6) is 0.551. The Morgan fingerprint density at radius 3 is 2.67 bits per heavy atom. The number of nitrogens with zero attached hydrogens (tertiary/aromatic N) is 1. The highest BCUT2D eigenvalue weighted by Gasteiger charge is 2.33. The lowest BCUT2D eigenvalue weighted by atomic mass is 9.99. The molecule has 27 heavy (non-hydrogen) atoms. The second-order valence-corrected chi connectivity index (χ2v) is 7.91. The van der Waals surface area contributed by atoms with Crippen molar-refractivity contribution < 1.29 is 19.0 Å². The summed E-state index contributed by atoms with van der Waals surface area (Å²) in [6.07, 6.45) is 2.79. The Morgan fingerprint density at radius 2 is 2.07 bits per heavy atom. The largest absolute Gasteiger partial charge is 0.496 e. The van der Waals surface area contributed by atoms with Crippen LogP contribution < -0.4 is 10.1 Å². The molecule has 0 radical (unpaired) electrons. The number of carbonyl (C=O) groups excluding carboxylic acids is 1. The summed E-state index contributed by atoms with van der Waals surface area (Å²) in [5.41, 5.74) is 2.41. The van der Waals surface area contributed by atoms with Crippen molar-refractivity contribution in [3.8, 4) is 5.75 Å². The van der Waals surface area contributed by atoms with Crippen LogP contribution in [0.3, 0.4) is 0 Å². The molecule has 2 fully saturated rings. The SMILES string of the molecule is COc1cccc(CNC2CCN(C(C)=O)CC2)c1CC1COC(C)(C)O1. The van der Waals surface area contributed by atoms with Gasteiger partial charge in [-0.05, 0) is 38.3 Å². The molecule has 150 valence electrons. The van der Waals surface area contributed by atoms with E-state index in [-0.39, 0.29) is 12.0 Å². The molecular weight excluding hydrogens is 344 g/mol. The fourth-order valence-corrected chi connectivity index (χ4v) is 3.94. The quantitative estimate of drug-likeness (QED) is 0.827. The number of ether oxygens (including phenoxy) is 3. The zero-order valence-corrected chi connectivity index (χ0v) is 16.9. The van der Waals surface area contributed by atoms with E-state index < -0.39 is 5.79 Å². The van der Waals surface area contributed by atoms with Gasteiger partial charge in [0.1, 0.15) is 5.75 Å². The van der Waals surface area contributed by atoms with E-state index in [0.717, 1.165) is 44.6 Å². The van der Waals surface area contributed by atoms with Crippen molar-refractivity contribution in [1.82, 2.24) is 10.2 Å². The molecule has 1 aromatic rings. The number of carbonyl (C=O) groups is 1. The number of likely N-dealkylation sites (tertiary alicyclic amines) is 1. The first-order chi connectivity index (χ1) is 12.9. The highest BCUT2D eigenvalue weighted by Crippen LogP contribution is 2.30. The number of amides is 1. The van der Waals surface area contributed by atoms with Gasteiger partial charge < -0.3 is 24.4 Å². The topological polar surface area (TPSA) is 60.0 Å². The van der Waals surface area contributed by atoms with Crippen LogP contribution >= 0.6 is 0 Å². The second-order valence-electron chi connectivity index (χ2n) is 7.91. The number of piperidine rings is 1. The highest BCUT2D eigenvalue weighted by atomic mass is 16.7. The lowest BCUT2D eigenvalue weighted by Gasteiger charge is -2.32. The second kappa shape index (κ2) is 8.59. The van der Waals surface area contributed by atoms with Crippen molar-refractivity contribution in [2.24, 2.45) is 0 Å². The molecule has 0 bridgehead atoms. The Kier molecular flexibility index (Phi) is 6.40. The summed E-state index contributed by atoms with van der Waals surface area (Å²) in [6.45, 7) is 8.60. The lowest BCUT2D eigenvalue weighted by Crippen LogP contribution is -2.44. The molecule has 0 aromatic heterocycles. The average Bonchev–Trinajstić information content (AvgIpc) is 2.99. The molecule has 2 heterocycles. The molecule has 2 saturated heterocycles. The van der Waals surface area contributed by atoms with E-state index in [2.05, 4.69) is 11.4 Å². The zero-order valence-electron chi connectivity index (χ0n) is 16.9. The molecule has 2 aliphatic heterocycles. The van der Waals surface area contributed by atoms with Gasteiger partial charge in [-0.3, -0.25) is 4.79 Å². The summed E-state index contributed by atoms with van der Waals surface area (Å²) in [4.78, 5) is 13.4. The van der Waals surface area contributed by atoms with Crippen LogP contribution in [0.4, 0.5) is 0 Å². The summed E-state index contributed by atoms with van der Waals surface area (Å²) >= 11 is 0. The van der Waals surface area contributed by atoms with Gasteiger partial charge in [0.05, 0.1) is 19.8 Å². The molecule has 2 aliphatic rings. The smallest absolute Gasteiger partial charge is 0.219 e. The van der Waals surface area contributed by atoms with E-state index in [1.54, 1.807) is 14.0 Å². The van der Waals surface area contributed by atoms with E-state index in [0.29, 0.717) is 12.6 Å². The van der Waals surface area contributed by atoms with Crippen LogP contribution in [0.5, 0.6) is 5.75 Å². The molecular formula is C21H32N2O4. The van der Waals surface area contributed by atoms with Gasteiger partial charge in [-0.1, -0.05) is 12.1 Å². The number of hydrogen-bond acceptors (Lipinski definition) is 5.